The first-order valence-corrected chi connectivity index (χ1v) is 10.8. The normalized spacial score (nSPS) is 14.8. The van der Waals surface area contributed by atoms with Crippen LogP contribution in [0.5, 0.6) is 0 Å². The van der Waals surface area contributed by atoms with Crippen molar-refractivity contribution in [2.45, 2.75) is 20.4 Å². The summed E-state index contributed by atoms with van der Waals surface area (Å²) < 4.78 is 0. The van der Waals surface area contributed by atoms with Crippen LogP contribution in [0.2, 0.25) is 0 Å². The standard InChI is InChI=1S/C23H26N4OS/c1-18-7-6-10-22(15-18)27(19(2)28)23-24-20(17-29-23)16-25-11-13-26(14-12-25)21-8-4-3-5-9-21/h3-10,15,17H,11-14,16H2,1-2H3. The maximum Gasteiger partial charge on any atom is 0.230 e. The van der Waals surface area contributed by atoms with E-state index < -0.39 is 0 Å². The van der Waals surface area contributed by atoms with Crippen molar-refractivity contribution in [1.29, 1.82) is 0 Å². The molecule has 1 aliphatic rings. The molecule has 29 heavy (non-hydrogen) atoms. The second-order valence-electron chi connectivity index (χ2n) is 7.41. The lowest BCUT2D eigenvalue weighted by molar-refractivity contribution is -0.115. The zero-order valence-corrected chi connectivity index (χ0v) is 17.7. The summed E-state index contributed by atoms with van der Waals surface area (Å²) in [7, 11) is 0. The molecule has 0 aliphatic carbocycles. The van der Waals surface area contributed by atoms with Gasteiger partial charge in [-0.25, -0.2) is 4.98 Å². The lowest BCUT2D eigenvalue weighted by Crippen LogP contribution is -2.46. The van der Waals surface area contributed by atoms with E-state index in [9.17, 15) is 4.79 Å². The number of benzene rings is 2. The molecular weight excluding hydrogens is 380 g/mol. The Bertz CT molecular complexity index is 964. The summed E-state index contributed by atoms with van der Waals surface area (Å²) in [5.41, 5.74) is 4.31. The summed E-state index contributed by atoms with van der Waals surface area (Å²) in [4.78, 5) is 23.6. The smallest absolute Gasteiger partial charge is 0.230 e. The molecule has 0 spiro atoms. The molecular formula is C23H26N4OS. The minimum atomic E-state index is -0.0204. The van der Waals surface area contributed by atoms with Gasteiger partial charge in [0.1, 0.15) is 0 Å². The van der Waals surface area contributed by atoms with Crippen LogP contribution in [0.1, 0.15) is 18.2 Å². The van der Waals surface area contributed by atoms with E-state index in [0.717, 1.165) is 54.8 Å². The van der Waals surface area contributed by atoms with Crippen LogP contribution in [0.25, 0.3) is 0 Å². The van der Waals surface area contributed by atoms with Crippen LogP contribution in [-0.2, 0) is 11.3 Å². The molecule has 0 unspecified atom stereocenters. The maximum atomic E-state index is 12.3. The van der Waals surface area contributed by atoms with Gasteiger partial charge in [0, 0.05) is 50.7 Å². The monoisotopic (exact) mass is 406 g/mol. The molecule has 3 aromatic rings. The van der Waals surface area contributed by atoms with Crippen LogP contribution in [0.4, 0.5) is 16.5 Å². The highest BCUT2D eigenvalue weighted by Gasteiger charge is 2.21. The van der Waals surface area contributed by atoms with E-state index in [-0.39, 0.29) is 5.91 Å². The highest BCUT2D eigenvalue weighted by Crippen LogP contribution is 2.30. The van der Waals surface area contributed by atoms with Crippen molar-refractivity contribution in [3.05, 3.63) is 71.2 Å². The van der Waals surface area contributed by atoms with Crippen LogP contribution < -0.4 is 9.80 Å². The maximum absolute atomic E-state index is 12.3. The van der Waals surface area contributed by atoms with Crippen molar-refractivity contribution in [2.75, 3.05) is 36.0 Å². The number of piperazine rings is 1. The number of carbonyl (C=O) groups excluding carboxylic acids is 1. The number of hydrogen-bond donors (Lipinski definition) is 0. The Balaban J connectivity index is 1.41. The number of hydrogen-bond acceptors (Lipinski definition) is 5. The van der Waals surface area contributed by atoms with E-state index in [2.05, 4.69) is 45.5 Å². The molecule has 0 saturated carbocycles. The van der Waals surface area contributed by atoms with E-state index in [4.69, 9.17) is 4.98 Å². The van der Waals surface area contributed by atoms with Gasteiger partial charge in [-0.3, -0.25) is 14.6 Å². The number of para-hydroxylation sites is 1. The third-order valence-corrected chi connectivity index (χ3v) is 6.06. The highest BCUT2D eigenvalue weighted by molar-refractivity contribution is 7.14. The van der Waals surface area contributed by atoms with Crippen LogP contribution >= 0.6 is 11.3 Å². The van der Waals surface area contributed by atoms with Crippen molar-refractivity contribution >= 4 is 33.8 Å². The van der Waals surface area contributed by atoms with Gasteiger partial charge in [-0.15, -0.1) is 11.3 Å². The van der Waals surface area contributed by atoms with E-state index in [0.29, 0.717) is 0 Å². The first-order chi connectivity index (χ1) is 14.1. The SMILES string of the molecule is CC(=O)N(c1cccc(C)c1)c1nc(CN2CCN(c3ccccc3)CC2)cs1. The zero-order chi connectivity index (χ0) is 20.2. The molecule has 6 heteroatoms. The van der Waals surface area contributed by atoms with Crippen molar-refractivity contribution in [1.82, 2.24) is 9.88 Å². The molecule has 0 N–H and O–H groups in total. The van der Waals surface area contributed by atoms with E-state index in [1.165, 1.54) is 17.0 Å². The molecule has 0 bridgehead atoms. The minimum absolute atomic E-state index is 0.0204. The summed E-state index contributed by atoms with van der Waals surface area (Å²) >= 11 is 1.53. The van der Waals surface area contributed by atoms with Crippen LogP contribution in [0, 0.1) is 6.92 Å². The number of aromatic nitrogens is 1. The van der Waals surface area contributed by atoms with Gasteiger partial charge < -0.3 is 4.90 Å². The number of anilines is 3. The van der Waals surface area contributed by atoms with Crippen molar-refractivity contribution in [3.8, 4) is 0 Å². The van der Waals surface area contributed by atoms with Crippen molar-refractivity contribution in [3.63, 3.8) is 0 Å². The molecule has 1 saturated heterocycles. The van der Waals surface area contributed by atoms with Crippen LogP contribution in [-0.4, -0.2) is 42.0 Å². The predicted octanol–water partition coefficient (Wildman–Crippen LogP) is 4.46. The van der Waals surface area contributed by atoms with Crippen molar-refractivity contribution < 1.29 is 4.79 Å². The fourth-order valence-corrected chi connectivity index (χ4v) is 4.58. The van der Waals surface area contributed by atoms with Crippen LogP contribution in [0.3, 0.4) is 0 Å². The van der Waals surface area contributed by atoms with Gasteiger partial charge in [0.25, 0.3) is 0 Å². The average molecular weight is 407 g/mol. The fraction of sp³-hybridized carbons (Fsp3) is 0.304. The molecule has 1 amide bonds. The quantitative estimate of drug-likeness (QED) is 0.627. The first-order valence-electron chi connectivity index (χ1n) is 9.94. The van der Waals surface area contributed by atoms with Gasteiger partial charge in [0.15, 0.2) is 5.13 Å². The topological polar surface area (TPSA) is 39.7 Å². The summed E-state index contributed by atoms with van der Waals surface area (Å²) in [5, 5.41) is 2.81. The number of thiazole rings is 1. The Morgan fingerprint density at radius 1 is 1.07 bits per heavy atom. The molecule has 0 atom stereocenters. The number of rotatable bonds is 5. The Hall–Kier alpha value is -2.70. The number of amides is 1. The third-order valence-electron chi connectivity index (χ3n) is 5.18. The molecule has 2 aromatic carbocycles. The zero-order valence-electron chi connectivity index (χ0n) is 16.9. The van der Waals surface area contributed by atoms with E-state index in [1.54, 1.807) is 11.8 Å². The Morgan fingerprint density at radius 2 is 1.83 bits per heavy atom. The van der Waals surface area contributed by atoms with Crippen molar-refractivity contribution in [2.24, 2.45) is 0 Å². The Morgan fingerprint density at radius 3 is 2.52 bits per heavy atom. The summed E-state index contributed by atoms with van der Waals surface area (Å²) in [6.07, 6.45) is 0. The average Bonchev–Trinajstić information content (AvgIpc) is 3.17. The fourth-order valence-electron chi connectivity index (χ4n) is 3.70. The largest absolute Gasteiger partial charge is 0.369 e. The highest BCUT2D eigenvalue weighted by atomic mass is 32.1. The Labute approximate surface area is 176 Å². The number of nitrogens with zero attached hydrogens (tertiary/aromatic N) is 4. The summed E-state index contributed by atoms with van der Waals surface area (Å²) in [6, 6.07) is 18.6. The van der Waals surface area contributed by atoms with Gasteiger partial charge in [-0.2, -0.15) is 0 Å². The first kappa shape index (κ1) is 19.6. The molecule has 4 rings (SSSR count). The van der Waals surface area contributed by atoms with Gasteiger partial charge >= 0.3 is 0 Å². The second-order valence-corrected chi connectivity index (χ2v) is 8.25. The molecule has 0 radical (unpaired) electrons. The lowest BCUT2D eigenvalue weighted by atomic mass is 10.2. The van der Waals surface area contributed by atoms with Gasteiger partial charge in [-0.05, 0) is 36.8 Å². The van der Waals surface area contributed by atoms with Gasteiger partial charge in [0.2, 0.25) is 5.91 Å². The van der Waals surface area contributed by atoms with E-state index >= 15 is 0 Å². The summed E-state index contributed by atoms with van der Waals surface area (Å²) in [6.45, 7) is 8.49. The Kier molecular flexibility index (Phi) is 5.92. The van der Waals surface area contributed by atoms with E-state index in [1.807, 2.05) is 31.2 Å². The minimum Gasteiger partial charge on any atom is -0.369 e. The molecule has 1 aliphatic heterocycles. The van der Waals surface area contributed by atoms with Gasteiger partial charge in [0.05, 0.1) is 11.4 Å². The molecule has 1 fully saturated rings. The lowest BCUT2D eigenvalue weighted by Gasteiger charge is -2.35. The molecule has 1 aromatic heterocycles. The molecule has 2 heterocycles. The molecule has 5 nitrogen and oxygen atoms in total. The second kappa shape index (κ2) is 8.76. The number of carbonyl (C=O) groups is 1. The summed E-state index contributed by atoms with van der Waals surface area (Å²) in [5.74, 6) is -0.0204. The molecule has 150 valence electrons. The van der Waals surface area contributed by atoms with Gasteiger partial charge in [-0.1, -0.05) is 30.3 Å². The third kappa shape index (κ3) is 4.66. The predicted molar refractivity (Wildman–Crippen MR) is 120 cm³/mol. The number of aryl methyl sites for hydroxylation is 1. The van der Waals surface area contributed by atoms with Crippen LogP contribution in [0.15, 0.2) is 60.0 Å².